The number of hydrogen-bond acceptors (Lipinski definition) is 1. The Hall–Kier alpha value is 0.713. The minimum atomic E-state index is 0. The fourth-order valence-corrected chi connectivity index (χ4v) is 0.875. The fraction of sp³-hybridized carbons (Fsp3) is 1.00. The molecule has 0 radical (unpaired) electrons. The van der Waals surface area contributed by atoms with Gasteiger partial charge in [0.1, 0.15) is 0 Å². The smallest absolute Gasteiger partial charge is 0.306 e. The van der Waals surface area contributed by atoms with E-state index in [1.54, 1.807) is 0 Å². The molecule has 0 N–H and O–H groups in total. The summed E-state index contributed by atoms with van der Waals surface area (Å²) in [7, 11) is 2.17. The van der Waals surface area contributed by atoms with Crippen molar-refractivity contribution in [3.63, 3.8) is 0 Å². The van der Waals surface area contributed by atoms with Crippen LogP contribution in [0, 0.1) is 0 Å². The van der Waals surface area contributed by atoms with Crippen molar-refractivity contribution in [3.05, 3.63) is 0 Å². The largest absolute Gasteiger partial charge is 2.00 e. The van der Waals surface area contributed by atoms with E-state index in [0.717, 1.165) is 0 Å². The molecule has 1 aliphatic rings. The first-order valence-electron chi connectivity index (χ1n) is 2.58. The monoisotopic (exact) mass is 179 g/mol. The van der Waals surface area contributed by atoms with Crippen molar-refractivity contribution in [2.24, 2.45) is 0 Å². The third-order valence-corrected chi connectivity index (χ3v) is 1.33. The Kier molecular flexibility index (Phi) is 15.8. The predicted molar refractivity (Wildman–Crippen MR) is 49.4 cm³/mol. The van der Waals surface area contributed by atoms with E-state index in [2.05, 4.69) is 11.9 Å². The predicted octanol–water partition coefficient (Wildman–Crippen LogP) is -2.19. The summed E-state index contributed by atoms with van der Waals surface area (Å²) < 4.78 is 0. The Balaban J connectivity index is -0.000000120. The third kappa shape index (κ3) is 6.60. The molecule has 0 spiro atoms. The molecule has 1 heterocycles. The van der Waals surface area contributed by atoms with E-state index >= 15 is 0 Å². The molecule has 0 aliphatic carbocycles. The number of nitrogens with zero attached hydrogens (tertiary/aromatic N) is 1. The summed E-state index contributed by atoms with van der Waals surface area (Å²) in [6, 6.07) is 0. The van der Waals surface area contributed by atoms with E-state index in [4.69, 9.17) is 0 Å². The van der Waals surface area contributed by atoms with Crippen molar-refractivity contribution in [2.75, 3.05) is 20.1 Å². The van der Waals surface area contributed by atoms with Crippen LogP contribution in [0.5, 0.6) is 0 Å². The summed E-state index contributed by atoms with van der Waals surface area (Å²) in [5, 5.41) is 0. The Labute approximate surface area is 74.5 Å². The fourth-order valence-electron chi connectivity index (χ4n) is 0.875. The zero-order valence-corrected chi connectivity index (χ0v) is 7.95. The van der Waals surface area contributed by atoms with Crippen LogP contribution < -0.4 is 0 Å². The summed E-state index contributed by atoms with van der Waals surface area (Å²) in [6.45, 7) is 2.64. The van der Waals surface area contributed by atoms with E-state index in [9.17, 15) is 0 Å². The van der Waals surface area contributed by atoms with Crippen LogP contribution in [0.4, 0.5) is 0 Å². The average molecular weight is 180 g/mol. The van der Waals surface area contributed by atoms with Crippen LogP contribution in [-0.4, -0.2) is 41.9 Å². The minimum absolute atomic E-state index is 0. The van der Waals surface area contributed by atoms with Gasteiger partial charge in [-0.3, -0.25) is 0 Å². The second-order valence-corrected chi connectivity index (χ2v) is 2.01. The van der Waals surface area contributed by atoms with Gasteiger partial charge < -0.3 is 4.90 Å². The Morgan fingerprint density at radius 2 is 1.33 bits per heavy atom. The molecule has 1 rings (SSSR count). The van der Waals surface area contributed by atoms with Gasteiger partial charge in [0.2, 0.25) is 0 Å². The van der Waals surface area contributed by atoms with Crippen LogP contribution in [-0.2, 0) is 19.5 Å². The molecule has 52 valence electrons. The molecular formula is C5H19B2NZn. The molecule has 0 unspecified atom stereocenters. The van der Waals surface area contributed by atoms with E-state index in [1.807, 2.05) is 0 Å². The SMILES string of the molecule is CN1CCCC1.[BH4-].[BH4-].[Zn+2]. The van der Waals surface area contributed by atoms with E-state index in [-0.39, 0.29) is 36.3 Å². The molecule has 0 saturated carbocycles. The van der Waals surface area contributed by atoms with Crippen LogP contribution in [0.15, 0.2) is 0 Å². The van der Waals surface area contributed by atoms with E-state index in [0.29, 0.717) is 0 Å². The van der Waals surface area contributed by atoms with Crippen molar-refractivity contribution < 1.29 is 19.5 Å². The second-order valence-electron chi connectivity index (χ2n) is 2.01. The van der Waals surface area contributed by atoms with Gasteiger partial charge >= 0.3 is 19.5 Å². The Bertz CT molecular complexity index is 48.2. The van der Waals surface area contributed by atoms with Crippen LogP contribution >= 0.6 is 0 Å². The first kappa shape index (κ1) is 16.4. The Morgan fingerprint density at radius 3 is 1.44 bits per heavy atom. The third-order valence-electron chi connectivity index (χ3n) is 1.33. The first-order chi connectivity index (χ1) is 2.89. The second kappa shape index (κ2) is 8.71. The summed E-state index contributed by atoms with van der Waals surface area (Å²) in [5.41, 5.74) is 0. The van der Waals surface area contributed by atoms with Gasteiger partial charge in [0.15, 0.2) is 0 Å². The molecule has 0 amide bonds. The zero-order chi connectivity index (χ0) is 4.41. The summed E-state index contributed by atoms with van der Waals surface area (Å²) >= 11 is 0. The minimum Gasteiger partial charge on any atom is -0.306 e. The molecule has 0 aromatic rings. The van der Waals surface area contributed by atoms with Gasteiger partial charge in [0.25, 0.3) is 0 Å². The van der Waals surface area contributed by atoms with Crippen molar-refractivity contribution in [1.82, 2.24) is 4.90 Å². The molecule has 1 aliphatic heterocycles. The van der Waals surface area contributed by atoms with Gasteiger partial charge in [0.05, 0.1) is 0 Å². The van der Waals surface area contributed by atoms with Crippen molar-refractivity contribution in [3.8, 4) is 0 Å². The van der Waals surface area contributed by atoms with Crippen LogP contribution in [0.25, 0.3) is 0 Å². The topological polar surface area (TPSA) is 3.24 Å². The molecule has 0 aromatic heterocycles. The maximum atomic E-state index is 2.36. The number of rotatable bonds is 0. The number of likely N-dealkylation sites (tertiary alicyclic amines) is 1. The van der Waals surface area contributed by atoms with Crippen LogP contribution in [0.3, 0.4) is 0 Å². The maximum Gasteiger partial charge on any atom is 2.00 e. The van der Waals surface area contributed by atoms with Gasteiger partial charge in [-0.25, -0.2) is 0 Å². The average Bonchev–Trinajstić information content (AvgIpc) is 1.86. The summed E-state index contributed by atoms with van der Waals surface area (Å²) in [4.78, 5) is 2.36. The standard InChI is InChI=1S/C5H11N.2BH4.Zn/c1-6-4-2-3-5-6;;;/h2-5H2,1H3;2*1H4;/q;2*-1;+2. The molecule has 1 nitrogen and oxygen atoms in total. The van der Waals surface area contributed by atoms with E-state index < -0.39 is 0 Å². The van der Waals surface area contributed by atoms with Crippen molar-refractivity contribution in [1.29, 1.82) is 0 Å². The molecular weight excluding hydrogens is 161 g/mol. The summed E-state index contributed by atoms with van der Waals surface area (Å²) in [6.07, 6.45) is 2.83. The summed E-state index contributed by atoms with van der Waals surface area (Å²) in [5.74, 6) is 0. The Morgan fingerprint density at radius 1 is 1.00 bits per heavy atom. The number of hydrogen-bond donors (Lipinski definition) is 0. The first-order valence-corrected chi connectivity index (χ1v) is 2.58. The van der Waals surface area contributed by atoms with E-state index in [1.165, 1.54) is 25.9 Å². The van der Waals surface area contributed by atoms with Gasteiger partial charge in [0, 0.05) is 0 Å². The van der Waals surface area contributed by atoms with Gasteiger partial charge in [-0.05, 0) is 33.0 Å². The molecule has 9 heavy (non-hydrogen) atoms. The maximum absolute atomic E-state index is 2.36. The molecule has 0 atom stereocenters. The quantitative estimate of drug-likeness (QED) is 0.383. The molecule has 0 bridgehead atoms. The molecule has 1 saturated heterocycles. The molecule has 0 aromatic carbocycles. The van der Waals surface area contributed by atoms with Gasteiger partial charge in [-0.15, -0.1) is 0 Å². The van der Waals surface area contributed by atoms with Crippen molar-refractivity contribution in [2.45, 2.75) is 12.8 Å². The van der Waals surface area contributed by atoms with Crippen molar-refractivity contribution >= 4 is 16.8 Å². The van der Waals surface area contributed by atoms with Gasteiger partial charge in [-0.2, -0.15) is 0 Å². The van der Waals surface area contributed by atoms with Gasteiger partial charge in [-0.1, -0.05) is 16.8 Å². The van der Waals surface area contributed by atoms with Crippen LogP contribution in [0.2, 0.25) is 0 Å². The molecule has 4 heteroatoms. The zero-order valence-electron chi connectivity index (χ0n) is 4.98. The normalized spacial score (nSPS) is 17.0. The molecule has 1 fully saturated rings. The van der Waals surface area contributed by atoms with Crippen LogP contribution in [0.1, 0.15) is 12.8 Å².